The number of methoxy groups -OCH3 is 2. The molecule has 0 amide bonds. The minimum Gasteiger partial charge on any atom is -0.469 e. The number of hydrogen-bond donors (Lipinski definition) is 0. The first kappa shape index (κ1) is 31.0. The monoisotopic (exact) mass is 446 g/mol. The summed E-state index contributed by atoms with van der Waals surface area (Å²) in [6.07, 6.45) is -9.41. The Hall–Kier alpha value is -2.74. The van der Waals surface area contributed by atoms with E-state index < -0.39 is 43.7 Å². The molecule has 172 valence electrons. The normalized spacial score (nSPS) is 14.3. The molecule has 29 heavy (non-hydrogen) atoms. The summed E-state index contributed by atoms with van der Waals surface area (Å²) in [5.41, 5.74) is 0. The first-order valence-corrected chi connectivity index (χ1v) is 7.30. The van der Waals surface area contributed by atoms with Crippen molar-refractivity contribution in [2.45, 2.75) is 39.2 Å². The Kier molecular flexibility index (Phi) is 18.5. The first-order valence-electron chi connectivity index (χ1n) is 7.30. The van der Waals surface area contributed by atoms with Crippen molar-refractivity contribution in [3.05, 3.63) is 0 Å². The van der Waals surface area contributed by atoms with Crippen molar-refractivity contribution in [2.24, 2.45) is 0 Å². The molecule has 1 unspecified atom stereocenters. The molecule has 0 aromatic rings. The number of halogens is 6. The summed E-state index contributed by atoms with van der Waals surface area (Å²) < 4.78 is 86.3. The summed E-state index contributed by atoms with van der Waals surface area (Å²) in [5, 5.41) is 0. The Morgan fingerprint density at radius 1 is 1.17 bits per heavy atom. The van der Waals surface area contributed by atoms with Gasteiger partial charge in [0.15, 0.2) is 13.2 Å². The van der Waals surface area contributed by atoms with Crippen LogP contribution in [0.3, 0.4) is 0 Å². The zero-order valence-corrected chi connectivity index (χ0v) is 15.7. The number of rotatable bonds is 3. The van der Waals surface area contributed by atoms with E-state index >= 15 is 0 Å². The summed E-state index contributed by atoms with van der Waals surface area (Å²) in [4.78, 5) is 39.0. The molecule has 0 spiro atoms. The van der Waals surface area contributed by atoms with Crippen LogP contribution in [0.25, 0.3) is 0 Å². The van der Waals surface area contributed by atoms with Gasteiger partial charge in [-0.15, -0.1) is 0 Å². The zero-order chi connectivity index (χ0) is 23.6. The van der Waals surface area contributed by atoms with Gasteiger partial charge in [0, 0.05) is 13.3 Å². The van der Waals surface area contributed by atoms with E-state index in [9.17, 15) is 45.5 Å². The van der Waals surface area contributed by atoms with Gasteiger partial charge in [0.05, 0.1) is 14.2 Å². The quantitative estimate of drug-likeness (QED) is 0.367. The number of carbonyl (C=O) groups excluding carboxylic acids is 4. The maximum absolute atomic E-state index is 11.6. The minimum absolute atomic E-state index is 0.157. The molecule has 9 nitrogen and oxygen atoms in total. The molecule has 1 aliphatic heterocycles. The second-order valence-corrected chi connectivity index (χ2v) is 4.24. The van der Waals surface area contributed by atoms with Crippen LogP contribution in [0.15, 0.2) is 0 Å². The van der Waals surface area contributed by atoms with Gasteiger partial charge in [-0.3, -0.25) is 9.59 Å². The lowest BCUT2D eigenvalue weighted by molar-refractivity contribution is -0.184. The Labute approximate surface area is 161 Å². The molecule has 0 N–H and O–H groups in total. The van der Waals surface area contributed by atoms with E-state index in [0.717, 1.165) is 14.0 Å². The fourth-order valence-electron chi connectivity index (χ4n) is 0.723. The van der Waals surface area contributed by atoms with E-state index in [4.69, 9.17) is 0 Å². The van der Waals surface area contributed by atoms with Gasteiger partial charge in [0.25, 0.3) is 6.36 Å². The molecule has 0 aliphatic carbocycles. The Morgan fingerprint density at radius 3 is 1.76 bits per heavy atom. The second kappa shape index (κ2) is 17.4. The van der Waals surface area contributed by atoms with Crippen LogP contribution in [0.4, 0.5) is 31.1 Å². The summed E-state index contributed by atoms with van der Waals surface area (Å²) >= 11 is 0. The van der Waals surface area contributed by atoms with Crippen LogP contribution in [0.5, 0.6) is 0 Å². The van der Waals surface area contributed by atoms with Crippen molar-refractivity contribution in [1.29, 1.82) is 0 Å². The average molecular weight is 446 g/mol. The molecule has 1 aliphatic rings. The lowest BCUT2D eigenvalue weighted by Gasteiger charge is -2.04. The highest BCUT2D eigenvalue weighted by atomic mass is 19.4. The molecule has 1 atom stereocenters. The van der Waals surface area contributed by atoms with Crippen molar-refractivity contribution < 1.29 is 69.2 Å². The van der Waals surface area contributed by atoms with Crippen LogP contribution in [0.1, 0.15) is 20.3 Å². The third-order valence-electron chi connectivity index (χ3n) is 1.89. The third-order valence-corrected chi connectivity index (χ3v) is 1.89. The lowest BCUT2D eigenvalue weighted by Crippen LogP contribution is -2.18. The van der Waals surface area contributed by atoms with Crippen LogP contribution in [0.2, 0.25) is 0 Å². The molecule has 0 bridgehead atoms. The fraction of sp³-hybridized carbons (Fsp3) is 0.714. The van der Waals surface area contributed by atoms with E-state index in [1.807, 2.05) is 0 Å². The molecule has 0 saturated carbocycles. The molecule has 0 aromatic heterocycles. The predicted molar refractivity (Wildman–Crippen MR) is 80.3 cm³/mol. The largest absolute Gasteiger partial charge is 0.511 e. The smallest absolute Gasteiger partial charge is 0.469 e. The molecular weight excluding hydrogens is 426 g/mol. The molecule has 1 fully saturated rings. The van der Waals surface area contributed by atoms with Gasteiger partial charge in [0.2, 0.25) is 0 Å². The standard InChI is InChI=1S/C4H5F3O2.C4H8O2.C3H4F2O2.C3H3FO3/c1-3(8)9-2-4(5,6)7;1-3-4(5)6-2;1-7-3(6)2(4)5;4-2-1-6-3(5)7-2/h2H2,1H3;3H2,1-2H3;2H,1H3;2H,1H2. The highest BCUT2D eigenvalue weighted by Crippen LogP contribution is 2.14. The van der Waals surface area contributed by atoms with E-state index in [1.54, 1.807) is 6.92 Å². The van der Waals surface area contributed by atoms with E-state index in [-0.39, 0.29) is 12.6 Å². The van der Waals surface area contributed by atoms with Crippen molar-refractivity contribution in [2.75, 3.05) is 27.4 Å². The highest BCUT2D eigenvalue weighted by Gasteiger charge is 2.28. The highest BCUT2D eigenvalue weighted by molar-refractivity contribution is 5.72. The molecule has 0 radical (unpaired) electrons. The zero-order valence-electron chi connectivity index (χ0n) is 15.7. The third kappa shape index (κ3) is 27.6. The Morgan fingerprint density at radius 2 is 1.69 bits per heavy atom. The number of carbonyl (C=O) groups is 4. The summed E-state index contributed by atoms with van der Waals surface area (Å²) in [6, 6.07) is 0. The molecule has 15 heteroatoms. The van der Waals surface area contributed by atoms with E-state index in [0.29, 0.717) is 6.42 Å². The van der Waals surface area contributed by atoms with Gasteiger partial charge in [-0.25, -0.2) is 9.59 Å². The average Bonchev–Trinajstić information content (AvgIpc) is 3.02. The lowest BCUT2D eigenvalue weighted by atomic mass is 10.5. The summed E-state index contributed by atoms with van der Waals surface area (Å²) in [6.45, 7) is 0.915. The fourth-order valence-corrected chi connectivity index (χ4v) is 0.723. The number of alkyl halides is 6. The van der Waals surface area contributed by atoms with Crippen molar-refractivity contribution in [3.63, 3.8) is 0 Å². The van der Waals surface area contributed by atoms with Gasteiger partial charge < -0.3 is 23.7 Å². The van der Waals surface area contributed by atoms with E-state index in [1.165, 1.54) is 7.11 Å². The number of hydrogen-bond acceptors (Lipinski definition) is 9. The van der Waals surface area contributed by atoms with Gasteiger partial charge >= 0.3 is 36.7 Å². The van der Waals surface area contributed by atoms with Crippen molar-refractivity contribution in [1.82, 2.24) is 0 Å². The van der Waals surface area contributed by atoms with Gasteiger partial charge in [-0.1, -0.05) is 6.92 Å². The Bertz CT molecular complexity index is 490. The van der Waals surface area contributed by atoms with Crippen molar-refractivity contribution in [3.8, 4) is 0 Å². The molecule has 1 heterocycles. The number of cyclic esters (lactones) is 2. The molecular formula is C14H20F6O9. The van der Waals surface area contributed by atoms with Gasteiger partial charge in [0.1, 0.15) is 0 Å². The SMILES string of the molecule is CC(=O)OCC(F)(F)F.CCC(=O)OC.COC(=O)C(F)F.O=C1OCC(F)O1. The van der Waals surface area contributed by atoms with Crippen LogP contribution in [0, 0.1) is 0 Å². The van der Waals surface area contributed by atoms with Crippen LogP contribution in [-0.2, 0) is 38.1 Å². The summed E-state index contributed by atoms with van der Waals surface area (Å²) in [7, 11) is 2.29. The topological polar surface area (TPSA) is 114 Å². The van der Waals surface area contributed by atoms with Crippen LogP contribution >= 0.6 is 0 Å². The number of ether oxygens (including phenoxy) is 5. The number of esters is 3. The molecule has 0 aromatic carbocycles. The Balaban J connectivity index is -0.000000314. The minimum atomic E-state index is -4.41. The van der Waals surface area contributed by atoms with Crippen molar-refractivity contribution >= 4 is 24.1 Å². The van der Waals surface area contributed by atoms with Gasteiger partial charge in [-0.05, 0) is 0 Å². The van der Waals surface area contributed by atoms with Crippen LogP contribution in [-0.4, -0.2) is 70.5 Å². The molecule has 1 rings (SSSR count). The van der Waals surface area contributed by atoms with Crippen LogP contribution < -0.4 is 0 Å². The van der Waals surface area contributed by atoms with Gasteiger partial charge in [-0.2, -0.15) is 26.3 Å². The summed E-state index contributed by atoms with van der Waals surface area (Å²) in [5.74, 6) is -2.57. The first-order chi connectivity index (χ1) is 13.2. The van der Waals surface area contributed by atoms with E-state index in [2.05, 4.69) is 23.7 Å². The predicted octanol–water partition coefficient (Wildman–Crippen LogP) is 2.55. The second-order valence-electron chi connectivity index (χ2n) is 4.24. The maximum Gasteiger partial charge on any atom is 0.511 e. The maximum atomic E-state index is 11.6. The molecule has 1 saturated heterocycles.